The molecule has 3 N–H and O–H groups in total. The van der Waals surface area contributed by atoms with E-state index in [0.717, 1.165) is 25.3 Å². The second-order valence-electron chi connectivity index (χ2n) is 3.82. The lowest BCUT2D eigenvalue weighted by Crippen LogP contribution is -2.43. The van der Waals surface area contributed by atoms with Crippen LogP contribution in [0.2, 0.25) is 0 Å². The summed E-state index contributed by atoms with van der Waals surface area (Å²) in [5.74, 6) is 0. The van der Waals surface area contributed by atoms with E-state index in [9.17, 15) is 0 Å². The standard InChI is InChI=1S/C10H16N4/c1-14-3-2-13-10(7-14)8-4-9(11)6-12-5-8/h4-6,10,13H,2-3,7,11H2,1H3. The summed E-state index contributed by atoms with van der Waals surface area (Å²) in [6.07, 6.45) is 3.56. The Bertz CT molecular complexity index is 313. The molecule has 1 aromatic rings. The van der Waals surface area contributed by atoms with E-state index in [1.807, 2.05) is 12.3 Å². The molecule has 1 aliphatic rings. The van der Waals surface area contributed by atoms with Crippen LogP contribution in [0.1, 0.15) is 11.6 Å². The minimum absolute atomic E-state index is 0.366. The average molecular weight is 192 g/mol. The Morgan fingerprint density at radius 3 is 3.14 bits per heavy atom. The Labute approximate surface area is 84.1 Å². The van der Waals surface area contributed by atoms with Crippen molar-refractivity contribution in [3.63, 3.8) is 0 Å². The first-order valence-corrected chi connectivity index (χ1v) is 4.88. The van der Waals surface area contributed by atoms with Crippen molar-refractivity contribution >= 4 is 5.69 Å². The van der Waals surface area contributed by atoms with Gasteiger partial charge in [-0.2, -0.15) is 0 Å². The van der Waals surface area contributed by atoms with Crippen LogP contribution in [-0.2, 0) is 0 Å². The minimum Gasteiger partial charge on any atom is -0.397 e. The van der Waals surface area contributed by atoms with Gasteiger partial charge in [0.2, 0.25) is 0 Å². The largest absolute Gasteiger partial charge is 0.397 e. The number of hydrogen-bond donors (Lipinski definition) is 2. The van der Waals surface area contributed by atoms with E-state index >= 15 is 0 Å². The number of hydrogen-bond acceptors (Lipinski definition) is 4. The lowest BCUT2D eigenvalue weighted by Gasteiger charge is -2.31. The molecule has 1 aromatic heterocycles. The molecule has 1 atom stereocenters. The number of nitrogens with zero attached hydrogens (tertiary/aromatic N) is 2. The van der Waals surface area contributed by atoms with E-state index < -0.39 is 0 Å². The maximum atomic E-state index is 5.70. The first kappa shape index (κ1) is 9.43. The number of pyridine rings is 1. The van der Waals surface area contributed by atoms with Gasteiger partial charge in [-0.3, -0.25) is 4.98 Å². The molecule has 0 radical (unpaired) electrons. The lowest BCUT2D eigenvalue weighted by atomic mass is 10.1. The number of aromatic nitrogens is 1. The highest BCUT2D eigenvalue weighted by Crippen LogP contribution is 2.17. The van der Waals surface area contributed by atoms with Gasteiger partial charge in [-0.25, -0.2) is 0 Å². The summed E-state index contributed by atoms with van der Waals surface area (Å²) in [5.41, 5.74) is 7.61. The molecule has 14 heavy (non-hydrogen) atoms. The molecule has 2 heterocycles. The van der Waals surface area contributed by atoms with Crippen LogP contribution in [0.5, 0.6) is 0 Å². The zero-order valence-corrected chi connectivity index (χ0v) is 8.40. The van der Waals surface area contributed by atoms with Gasteiger partial charge in [0.1, 0.15) is 0 Å². The van der Waals surface area contributed by atoms with Crippen molar-refractivity contribution in [1.82, 2.24) is 15.2 Å². The highest BCUT2D eigenvalue weighted by molar-refractivity contribution is 5.38. The van der Waals surface area contributed by atoms with Gasteiger partial charge in [0.25, 0.3) is 0 Å². The van der Waals surface area contributed by atoms with Gasteiger partial charge in [0, 0.05) is 38.1 Å². The number of likely N-dealkylation sites (N-methyl/N-ethyl adjacent to an activating group) is 1. The summed E-state index contributed by atoms with van der Waals surface area (Å²) in [4.78, 5) is 6.41. The minimum atomic E-state index is 0.366. The topological polar surface area (TPSA) is 54.2 Å². The Hall–Kier alpha value is -1.13. The second-order valence-corrected chi connectivity index (χ2v) is 3.82. The zero-order valence-electron chi connectivity index (χ0n) is 8.40. The zero-order chi connectivity index (χ0) is 9.97. The van der Waals surface area contributed by atoms with Crippen LogP contribution >= 0.6 is 0 Å². The molecule has 0 spiro atoms. The highest BCUT2D eigenvalue weighted by atomic mass is 15.2. The van der Waals surface area contributed by atoms with Crippen LogP contribution in [0, 0.1) is 0 Å². The Kier molecular flexibility index (Phi) is 2.65. The summed E-state index contributed by atoms with van der Waals surface area (Å²) in [6.45, 7) is 3.15. The first-order chi connectivity index (χ1) is 6.75. The predicted octanol–water partition coefficient (Wildman–Crippen LogP) is 0.240. The van der Waals surface area contributed by atoms with Crippen LogP contribution in [0.4, 0.5) is 5.69 Å². The molecular formula is C10H16N4. The molecule has 1 saturated heterocycles. The van der Waals surface area contributed by atoms with Crippen molar-refractivity contribution in [3.05, 3.63) is 24.0 Å². The van der Waals surface area contributed by atoms with Gasteiger partial charge in [-0.1, -0.05) is 0 Å². The lowest BCUT2D eigenvalue weighted by molar-refractivity contribution is 0.240. The molecular weight excluding hydrogens is 176 g/mol. The number of piperazine rings is 1. The van der Waals surface area contributed by atoms with Crippen LogP contribution in [0.15, 0.2) is 18.5 Å². The Morgan fingerprint density at radius 1 is 1.57 bits per heavy atom. The van der Waals surface area contributed by atoms with E-state index in [-0.39, 0.29) is 0 Å². The maximum absolute atomic E-state index is 5.70. The number of anilines is 1. The van der Waals surface area contributed by atoms with E-state index in [0.29, 0.717) is 6.04 Å². The fourth-order valence-electron chi connectivity index (χ4n) is 1.79. The van der Waals surface area contributed by atoms with Crippen molar-refractivity contribution in [2.45, 2.75) is 6.04 Å². The summed E-state index contributed by atoms with van der Waals surface area (Å²) < 4.78 is 0. The van der Waals surface area contributed by atoms with Crippen molar-refractivity contribution in [1.29, 1.82) is 0 Å². The fraction of sp³-hybridized carbons (Fsp3) is 0.500. The number of nitrogens with one attached hydrogen (secondary N) is 1. The van der Waals surface area contributed by atoms with Crippen LogP contribution in [-0.4, -0.2) is 36.6 Å². The molecule has 0 aliphatic carbocycles. The van der Waals surface area contributed by atoms with E-state index in [2.05, 4.69) is 22.2 Å². The van der Waals surface area contributed by atoms with Gasteiger partial charge >= 0.3 is 0 Å². The molecule has 1 fully saturated rings. The normalized spacial score (nSPS) is 23.6. The van der Waals surface area contributed by atoms with E-state index in [1.54, 1.807) is 6.20 Å². The second kappa shape index (κ2) is 3.94. The quantitative estimate of drug-likeness (QED) is 0.669. The molecule has 4 heteroatoms. The molecule has 0 amide bonds. The fourth-order valence-corrected chi connectivity index (χ4v) is 1.79. The predicted molar refractivity (Wildman–Crippen MR) is 56.9 cm³/mol. The van der Waals surface area contributed by atoms with Crippen LogP contribution < -0.4 is 11.1 Å². The smallest absolute Gasteiger partial charge is 0.0503 e. The van der Waals surface area contributed by atoms with Crippen molar-refractivity contribution in [2.24, 2.45) is 0 Å². The Morgan fingerprint density at radius 2 is 2.43 bits per heavy atom. The third-order valence-electron chi connectivity index (χ3n) is 2.56. The van der Waals surface area contributed by atoms with Gasteiger partial charge in [0.05, 0.1) is 5.69 Å². The van der Waals surface area contributed by atoms with Crippen molar-refractivity contribution in [3.8, 4) is 0 Å². The van der Waals surface area contributed by atoms with E-state index in [1.165, 1.54) is 5.56 Å². The molecule has 1 unspecified atom stereocenters. The average Bonchev–Trinajstić information content (AvgIpc) is 2.18. The van der Waals surface area contributed by atoms with Crippen LogP contribution in [0.25, 0.3) is 0 Å². The maximum Gasteiger partial charge on any atom is 0.0503 e. The molecule has 76 valence electrons. The van der Waals surface area contributed by atoms with Gasteiger partial charge < -0.3 is 16.0 Å². The molecule has 1 aliphatic heterocycles. The molecule has 4 nitrogen and oxygen atoms in total. The Balaban J connectivity index is 2.14. The monoisotopic (exact) mass is 192 g/mol. The SMILES string of the molecule is CN1CCNC(c2cncc(N)c2)C1. The summed E-state index contributed by atoms with van der Waals surface area (Å²) in [5, 5.41) is 3.46. The highest BCUT2D eigenvalue weighted by Gasteiger charge is 2.18. The molecule has 0 saturated carbocycles. The molecule has 0 aromatic carbocycles. The molecule has 2 rings (SSSR count). The first-order valence-electron chi connectivity index (χ1n) is 4.88. The van der Waals surface area contributed by atoms with Crippen molar-refractivity contribution in [2.75, 3.05) is 32.4 Å². The number of nitrogen functional groups attached to an aromatic ring is 1. The van der Waals surface area contributed by atoms with E-state index in [4.69, 9.17) is 5.73 Å². The summed E-state index contributed by atoms with van der Waals surface area (Å²) in [6, 6.07) is 2.36. The van der Waals surface area contributed by atoms with Gasteiger partial charge in [-0.15, -0.1) is 0 Å². The van der Waals surface area contributed by atoms with Crippen LogP contribution in [0.3, 0.4) is 0 Å². The van der Waals surface area contributed by atoms with Gasteiger partial charge in [0.15, 0.2) is 0 Å². The summed E-state index contributed by atoms with van der Waals surface area (Å²) in [7, 11) is 2.13. The third kappa shape index (κ3) is 2.02. The van der Waals surface area contributed by atoms with Crippen molar-refractivity contribution < 1.29 is 0 Å². The molecule has 0 bridgehead atoms. The number of rotatable bonds is 1. The summed E-state index contributed by atoms with van der Waals surface area (Å²) >= 11 is 0. The third-order valence-corrected chi connectivity index (χ3v) is 2.56. The number of nitrogens with two attached hydrogens (primary N) is 1. The van der Waals surface area contributed by atoms with Gasteiger partial charge in [-0.05, 0) is 18.7 Å².